The summed E-state index contributed by atoms with van der Waals surface area (Å²) in [6.45, 7) is 38.2. The molecule has 4 rings (SSSR count). The predicted octanol–water partition coefficient (Wildman–Crippen LogP) is 7.07. The Balaban J connectivity index is 2.07. The standard InChI is InChI=1S/C34H14N8/c1-19(7-8-20(2)39-3)30-32(28(17-37)40-4)25-13-23-24(14-26(25)34(30)42-6)33(29(18-38)41-5)31(27(23)16-36)22-11-9-21(15-35)10-12-22/h7-14,25-26H,1-2H2/b8-7-,32-28-,33-29+. The average molecular weight is 535 g/mol. The Hall–Kier alpha value is -7.20. The van der Waals surface area contributed by atoms with Gasteiger partial charge in [0.15, 0.2) is 11.4 Å². The van der Waals surface area contributed by atoms with E-state index >= 15 is 0 Å². The van der Waals surface area contributed by atoms with E-state index in [-0.39, 0.29) is 39.5 Å². The summed E-state index contributed by atoms with van der Waals surface area (Å²) in [5.74, 6) is -1.38. The predicted molar refractivity (Wildman–Crippen MR) is 153 cm³/mol. The van der Waals surface area contributed by atoms with Crippen LogP contribution in [0.15, 0.2) is 124 Å². The fourth-order valence-electron chi connectivity index (χ4n) is 5.27. The Kier molecular flexibility index (Phi) is 7.47. The SMILES string of the molecule is [C-]#[N+]C(=C)/C=C\C(=C)C1=C([N+]#[C-])C2C=C3C(=CC2/C1=C(\C#N)[N+]#[C-])C(C#N)=C(c1ccc(C#N)cc1)/C3=C(\C#N)[N+]#[C-]. The van der Waals surface area contributed by atoms with Crippen molar-refractivity contribution >= 4 is 5.57 Å². The highest BCUT2D eigenvalue weighted by atomic mass is 14.8. The summed E-state index contributed by atoms with van der Waals surface area (Å²) in [4.78, 5) is 13.8. The van der Waals surface area contributed by atoms with Crippen molar-refractivity contribution in [3.63, 3.8) is 0 Å². The molecule has 8 nitrogen and oxygen atoms in total. The molecule has 0 amide bonds. The molecule has 0 spiro atoms. The Morgan fingerprint density at radius 2 is 1.43 bits per heavy atom. The molecular formula is C34H14N8. The maximum absolute atomic E-state index is 10.3. The largest absolute Gasteiger partial charge is 0.270 e. The molecule has 0 radical (unpaired) electrons. The van der Waals surface area contributed by atoms with Crippen LogP contribution in [-0.2, 0) is 0 Å². The summed E-state index contributed by atoms with van der Waals surface area (Å²) >= 11 is 0. The van der Waals surface area contributed by atoms with Crippen LogP contribution >= 0.6 is 0 Å². The van der Waals surface area contributed by atoms with Gasteiger partial charge < -0.3 is 0 Å². The van der Waals surface area contributed by atoms with Gasteiger partial charge in [0, 0.05) is 11.5 Å². The number of allylic oxidation sites excluding steroid dienone is 14. The number of fused-ring (bicyclic) bond motifs is 2. The molecular weight excluding hydrogens is 520 g/mol. The highest BCUT2D eigenvalue weighted by Crippen LogP contribution is 2.56. The number of hydrogen-bond acceptors (Lipinski definition) is 4. The second-order valence-corrected chi connectivity index (χ2v) is 9.03. The molecule has 2 atom stereocenters. The van der Waals surface area contributed by atoms with Crippen molar-refractivity contribution in [2.24, 2.45) is 11.8 Å². The first-order valence-corrected chi connectivity index (χ1v) is 12.0. The molecule has 0 fully saturated rings. The molecule has 42 heavy (non-hydrogen) atoms. The van der Waals surface area contributed by atoms with Crippen molar-refractivity contribution in [3.8, 4) is 24.3 Å². The fourth-order valence-corrected chi connectivity index (χ4v) is 5.27. The van der Waals surface area contributed by atoms with Crippen molar-refractivity contribution in [2.45, 2.75) is 0 Å². The number of hydrogen-bond donors (Lipinski definition) is 0. The highest BCUT2D eigenvalue weighted by Gasteiger charge is 2.45. The lowest BCUT2D eigenvalue weighted by molar-refractivity contribution is 0.645. The van der Waals surface area contributed by atoms with Gasteiger partial charge in [0.2, 0.25) is 0 Å². The molecule has 0 saturated carbocycles. The van der Waals surface area contributed by atoms with Gasteiger partial charge in [0.25, 0.3) is 11.4 Å². The van der Waals surface area contributed by atoms with E-state index in [0.29, 0.717) is 39.0 Å². The van der Waals surface area contributed by atoms with Crippen LogP contribution < -0.4 is 0 Å². The van der Waals surface area contributed by atoms with Gasteiger partial charge in [-0.15, -0.1) is 0 Å². The molecule has 190 valence electrons. The van der Waals surface area contributed by atoms with Gasteiger partial charge in [-0.05, 0) is 57.1 Å². The van der Waals surface area contributed by atoms with Gasteiger partial charge >= 0.3 is 0 Å². The average Bonchev–Trinajstić information content (AvgIpc) is 3.51. The summed E-state index contributed by atoms with van der Waals surface area (Å²) in [6.07, 6.45) is 6.34. The van der Waals surface area contributed by atoms with E-state index < -0.39 is 11.8 Å². The minimum absolute atomic E-state index is 0.128. The molecule has 0 N–H and O–H groups in total. The summed E-state index contributed by atoms with van der Waals surface area (Å²) in [6, 6.07) is 14.5. The third kappa shape index (κ3) is 4.30. The van der Waals surface area contributed by atoms with Gasteiger partial charge in [-0.1, -0.05) is 49.6 Å². The topological polar surface area (TPSA) is 113 Å². The summed E-state index contributed by atoms with van der Waals surface area (Å²) in [5.41, 5.74) is 3.22. The molecule has 3 aliphatic rings. The molecule has 0 heterocycles. The lowest BCUT2D eigenvalue weighted by Crippen LogP contribution is -2.15. The Labute approximate surface area is 242 Å². The van der Waals surface area contributed by atoms with Crippen LogP contribution in [0.5, 0.6) is 0 Å². The molecule has 0 bridgehead atoms. The monoisotopic (exact) mass is 534 g/mol. The zero-order chi connectivity index (χ0) is 30.6. The molecule has 2 unspecified atom stereocenters. The molecule has 1 aromatic rings. The number of benzene rings is 1. The van der Waals surface area contributed by atoms with Crippen LogP contribution in [-0.4, -0.2) is 0 Å². The van der Waals surface area contributed by atoms with Gasteiger partial charge in [0.05, 0.1) is 55.6 Å². The first-order chi connectivity index (χ1) is 20.3. The van der Waals surface area contributed by atoms with Crippen molar-refractivity contribution in [1.29, 1.82) is 21.0 Å². The van der Waals surface area contributed by atoms with Crippen molar-refractivity contribution in [2.75, 3.05) is 0 Å². The second-order valence-electron chi connectivity index (χ2n) is 9.03. The van der Waals surface area contributed by atoms with Crippen molar-refractivity contribution < 1.29 is 0 Å². The summed E-state index contributed by atoms with van der Waals surface area (Å²) in [7, 11) is 0. The third-order valence-electron chi connectivity index (χ3n) is 6.99. The Bertz CT molecular complexity index is 2050. The van der Waals surface area contributed by atoms with E-state index in [9.17, 15) is 21.0 Å². The molecule has 0 saturated heterocycles. The van der Waals surface area contributed by atoms with E-state index in [4.69, 9.17) is 26.3 Å². The Morgan fingerprint density at radius 1 is 0.786 bits per heavy atom. The van der Waals surface area contributed by atoms with E-state index in [1.54, 1.807) is 36.4 Å². The molecule has 8 heteroatoms. The van der Waals surface area contributed by atoms with Gasteiger partial charge in [0.1, 0.15) is 6.07 Å². The lowest BCUT2D eigenvalue weighted by atomic mass is 9.79. The normalized spacial score (nSPS) is 20.5. The first kappa shape index (κ1) is 27.8. The van der Waals surface area contributed by atoms with Gasteiger partial charge in [-0.25, -0.2) is 29.9 Å². The minimum atomic E-state index is -0.691. The molecule has 0 aliphatic heterocycles. The van der Waals surface area contributed by atoms with Gasteiger partial charge in [-0.3, -0.25) is 0 Å². The van der Waals surface area contributed by atoms with E-state index in [1.807, 2.05) is 18.2 Å². The summed E-state index contributed by atoms with van der Waals surface area (Å²) in [5, 5.41) is 39.3. The van der Waals surface area contributed by atoms with Crippen molar-refractivity contribution in [3.05, 3.63) is 180 Å². The van der Waals surface area contributed by atoms with Crippen LogP contribution in [0.25, 0.3) is 25.0 Å². The number of nitrogens with zero attached hydrogens (tertiary/aromatic N) is 8. The first-order valence-electron chi connectivity index (χ1n) is 12.0. The molecule has 3 aliphatic carbocycles. The van der Waals surface area contributed by atoms with Crippen LogP contribution in [0.4, 0.5) is 0 Å². The van der Waals surface area contributed by atoms with E-state index in [2.05, 4.69) is 38.6 Å². The van der Waals surface area contributed by atoms with Crippen LogP contribution in [0, 0.1) is 83.4 Å². The maximum Gasteiger partial charge on any atom is 0.270 e. The Morgan fingerprint density at radius 3 is 1.95 bits per heavy atom. The quantitative estimate of drug-likeness (QED) is 0.233. The summed E-state index contributed by atoms with van der Waals surface area (Å²) < 4.78 is 0. The van der Waals surface area contributed by atoms with E-state index in [0.717, 1.165) is 0 Å². The lowest BCUT2D eigenvalue weighted by Gasteiger charge is -2.24. The van der Waals surface area contributed by atoms with Crippen LogP contribution in [0.2, 0.25) is 0 Å². The van der Waals surface area contributed by atoms with Crippen molar-refractivity contribution in [1.82, 2.24) is 0 Å². The van der Waals surface area contributed by atoms with Crippen LogP contribution in [0.1, 0.15) is 11.1 Å². The second kappa shape index (κ2) is 11.3. The third-order valence-corrected chi connectivity index (χ3v) is 6.99. The number of nitriles is 4. The van der Waals surface area contributed by atoms with E-state index in [1.165, 1.54) is 12.2 Å². The fraction of sp³-hybridized carbons (Fsp3) is 0.0588. The zero-order valence-corrected chi connectivity index (χ0v) is 21.8. The smallest absolute Gasteiger partial charge is 0.241 e. The van der Waals surface area contributed by atoms with Crippen LogP contribution in [0.3, 0.4) is 0 Å². The zero-order valence-electron chi connectivity index (χ0n) is 21.8. The minimum Gasteiger partial charge on any atom is -0.241 e. The van der Waals surface area contributed by atoms with Gasteiger partial charge in [-0.2, -0.15) is 10.5 Å². The molecule has 0 aromatic heterocycles. The molecule has 1 aromatic carbocycles. The maximum atomic E-state index is 10.3. The highest BCUT2D eigenvalue weighted by molar-refractivity contribution is 6.00. The number of rotatable bonds is 4.